The molecule has 0 bridgehead atoms. The largest absolute Gasteiger partial charge is 0.457 e. The molecule has 20 heavy (non-hydrogen) atoms. The second kappa shape index (κ2) is 5.42. The van der Waals surface area contributed by atoms with Crippen molar-refractivity contribution >= 4 is 27.5 Å². The summed E-state index contributed by atoms with van der Waals surface area (Å²) in [4.78, 5) is 11.4. The van der Waals surface area contributed by atoms with Crippen molar-refractivity contribution < 1.29 is 9.21 Å². The second-order valence-corrected chi connectivity index (χ2v) is 5.56. The van der Waals surface area contributed by atoms with Crippen LogP contribution in [0, 0.1) is 0 Å². The Hall–Kier alpha value is -1.59. The molecular formula is C15H15BrN2O2. The number of carbonyl (C=O) groups is 1. The molecule has 1 aromatic carbocycles. The minimum atomic E-state index is 0.0612. The average molecular weight is 335 g/mol. The van der Waals surface area contributed by atoms with Crippen molar-refractivity contribution in [2.75, 3.05) is 12.4 Å². The van der Waals surface area contributed by atoms with Gasteiger partial charge < -0.3 is 15.1 Å². The normalized spacial score (nSPS) is 15.6. The molecule has 3 rings (SSSR count). The molecule has 0 spiro atoms. The SMILES string of the molecule is CNC(c1ccc2c(c1)CCC(=O)N2)c1ccoc1Br. The van der Waals surface area contributed by atoms with Gasteiger partial charge in [-0.2, -0.15) is 0 Å². The van der Waals surface area contributed by atoms with E-state index >= 15 is 0 Å². The highest BCUT2D eigenvalue weighted by Crippen LogP contribution is 2.32. The lowest BCUT2D eigenvalue weighted by Crippen LogP contribution is -2.21. The number of anilines is 1. The number of aryl methyl sites for hydroxylation is 1. The fraction of sp³-hybridized carbons (Fsp3) is 0.267. The fourth-order valence-electron chi connectivity index (χ4n) is 2.59. The monoisotopic (exact) mass is 334 g/mol. The van der Waals surface area contributed by atoms with Crippen LogP contribution >= 0.6 is 15.9 Å². The number of rotatable bonds is 3. The summed E-state index contributed by atoms with van der Waals surface area (Å²) in [6.07, 6.45) is 3.01. The van der Waals surface area contributed by atoms with Gasteiger partial charge in [-0.25, -0.2) is 0 Å². The lowest BCUT2D eigenvalue weighted by atomic mass is 9.95. The summed E-state index contributed by atoms with van der Waals surface area (Å²) < 4.78 is 6.05. The van der Waals surface area contributed by atoms with E-state index in [9.17, 15) is 4.79 Å². The lowest BCUT2D eigenvalue weighted by Gasteiger charge is -2.21. The molecule has 1 aliphatic heterocycles. The Morgan fingerprint density at radius 3 is 2.90 bits per heavy atom. The number of furan rings is 1. The molecule has 5 heteroatoms. The maximum atomic E-state index is 11.4. The van der Waals surface area contributed by atoms with Crippen molar-refractivity contribution in [1.29, 1.82) is 0 Å². The van der Waals surface area contributed by atoms with Crippen LogP contribution in [0.1, 0.15) is 29.2 Å². The lowest BCUT2D eigenvalue weighted by molar-refractivity contribution is -0.116. The fourth-order valence-corrected chi connectivity index (χ4v) is 3.06. The van der Waals surface area contributed by atoms with E-state index in [4.69, 9.17) is 4.42 Å². The van der Waals surface area contributed by atoms with E-state index in [1.54, 1.807) is 6.26 Å². The molecule has 2 N–H and O–H groups in total. The Morgan fingerprint density at radius 2 is 2.20 bits per heavy atom. The summed E-state index contributed by atoms with van der Waals surface area (Å²) in [6, 6.07) is 8.17. The van der Waals surface area contributed by atoms with Gasteiger partial charge in [-0.1, -0.05) is 12.1 Å². The molecule has 1 amide bonds. The molecule has 2 aromatic rings. The van der Waals surface area contributed by atoms with Gasteiger partial charge in [0.1, 0.15) is 0 Å². The zero-order valence-electron chi connectivity index (χ0n) is 11.1. The number of hydrogen-bond donors (Lipinski definition) is 2. The van der Waals surface area contributed by atoms with Gasteiger partial charge in [0, 0.05) is 17.7 Å². The van der Waals surface area contributed by atoms with E-state index in [2.05, 4.69) is 32.6 Å². The van der Waals surface area contributed by atoms with Crippen LogP contribution in [0.25, 0.3) is 0 Å². The average Bonchev–Trinajstić information content (AvgIpc) is 2.86. The first kappa shape index (κ1) is 13.4. The number of halogens is 1. The van der Waals surface area contributed by atoms with E-state index in [1.807, 2.05) is 25.2 Å². The molecule has 2 heterocycles. The maximum Gasteiger partial charge on any atom is 0.224 e. The zero-order valence-corrected chi connectivity index (χ0v) is 12.7. The quantitative estimate of drug-likeness (QED) is 0.905. The van der Waals surface area contributed by atoms with Crippen molar-refractivity contribution in [3.05, 3.63) is 51.9 Å². The van der Waals surface area contributed by atoms with Gasteiger partial charge in [0.15, 0.2) is 4.67 Å². The number of fused-ring (bicyclic) bond motifs is 1. The standard InChI is InChI=1S/C15H15BrN2O2/c1-17-14(11-6-7-20-15(11)16)10-2-4-12-9(8-10)3-5-13(19)18-12/h2,4,6-8,14,17H,3,5H2,1H3,(H,18,19). The summed E-state index contributed by atoms with van der Waals surface area (Å²) in [5.74, 6) is 0.0907. The van der Waals surface area contributed by atoms with Crippen LogP contribution in [0.15, 0.2) is 39.6 Å². The van der Waals surface area contributed by atoms with Gasteiger partial charge in [0.05, 0.1) is 12.3 Å². The Bertz CT molecular complexity index is 651. The molecule has 0 aliphatic carbocycles. The van der Waals surface area contributed by atoms with Crippen molar-refractivity contribution in [3.63, 3.8) is 0 Å². The highest BCUT2D eigenvalue weighted by Gasteiger charge is 2.20. The van der Waals surface area contributed by atoms with E-state index in [1.165, 1.54) is 5.56 Å². The third-order valence-electron chi connectivity index (χ3n) is 3.60. The van der Waals surface area contributed by atoms with Crippen molar-refractivity contribution in [2.24, 2.45) is 0 Å². The molecule has 1 unspecified atom stereocenters. The van der Waals surface area contributed by atoms with Gasteiger partial charge in [0.2, 0.25) is 5.91 Å². The summed E-state index contributed by atoms with van der Waals surface area (Å²) in [5, 5.41) is 6.20. The Kier molecular flexibility index (Phi) is 3.63. The predicted octanol–water partition coefficient (Wildman–Crippen LogP) is 3.24. The molecule has 0 radical (unpaired) electrons. The number of hydrogen-bond acceptors (Lipinski definition) is 3. The van der Waals surface area contributed by atoms with Crippen molar-refractivity contribution in [3.8, 4) is 0 Å². The van der Waals surface area contributed by atoms with E-state index in [-0.39, 0.29) is 11.9 Å². The first-order valence-electron chi connectivity index (χ1n) is 6.52. The molecule has 0 saturated heterocycles. The Balaban J connectivity index is 1.97. The molecule has 0 fully saturated rings. The van der Waals surface area contributed by atoms with E-state index < -0.39 is 0 Å². The molecule has 104 valence electrons. The molecule has 0 saturated carbocycles. The third-order valence-corrected chi connectivity index (χ3v) is 4.25. The molecule has 1 atom stereocenters. The number of amides is 1. The van der Waals surface area contributed by atoms with Crippen LogP contribution in [0.4, 0.5) is 5.69 Å². The summed E-state index contributed by atoms with van der Waals surface area (Å²) in [6.45, 7) is 0. The number of nitrogens with one attached hydrogen (secondary N) is 2. The predicted molar refractivity (Wildman–Crippen MR) is 80.7 cm³/mol. The topological polar surface area (TPSA) is 54.3 Å². The van der Waals surface area contributed by atoms with Crippen LogP contribution in [0.5, 0.6) is 0 Å². The van der Waals surface area contributed by atoms with Crippen molar-refractivity contribution in [1.82, 2.24) is 5.32 Å². The van der Waals surface area contributed by atoms with Crippen LogP contribution < -0.4 is 10.6 Å². The van der Waals surface area contributed by atoms with Crippen molar-refractivity contribution in [2.45, 2.75) is 18.9 Å². The Morgan fingerprint density at radius 1 is 1.35 bits per heavy atom. The summed E-state index contributed by atoms with van der Waals surface area (Å²) >= 11 is 3.42. The van der Waals surface area contributed by atoms with Gasteiger partial charge in [-0.15, -0.1) is 0 Å². The summed E-state index contributed by atoms with van der Waals surface area (Å²) in [7, 11) is 1.92. The molecular weight excluding hydrogens is 320 g/mol. The first-order chi connectivity index (χ1) is 9.69. The highest BCUT2D eigenvalue weighted by atomic mass is 79.9. The van der Waals surface area contributed by atoms with Crippen LogP contribution in [0.2, 0.25) is 0 Å². The smallest absolute Gasteiger partial charge is 0.224 e. The number of carbonyl (C=O) groups excluding carboxylic acids is 1. The van der Waals surface area contributed by atoms with Gasteiger partial charge in [-0.3, -0.25) is 4.79 Å². The number of benzene rings is 1. The molecule has 1 aromatic heterocycles. The van der Waals surface area contributed by atoms with Gasteiger partial charge in [-0.05, 0) is 52.7 Å². The minimum absolute atomic E-state index is 0.0612. The van der Waals surface area contributed by atoms with Crippen LogP contribution in [-0.2, 0) is 11.2 Å². The van der Waals surface area contributed by atoms with Crippen LogP contribution in [0.3, 0.4) is 0 Å². The van der Waals surface area contributed by atoms with E-state index in [0.717, 1.165) is 27.9 Å². The zero-order chi connectivity index (χ0) is 14.1. The second-order valence-electron chi connectivity index (χ2n) is 4.84. The van der Waals surface area contributed by atoms with Gasteiger partial charge in [0.25, 0.3) is 0 Å². The molecule has 1 aliphatic rings. The maximum absolute atomic E-state index is 11.4. The first-order valence-corrected chi connectivity index (χ1v) is 7.31. The molecule has 4 nitrogen and oxygen atoms in total. The minimum Gasteiger partial charge on any atom is -0.457 e. The van der Waals surface area contributed by atoms with Gasteiger partial charge >= 0.3 is 0 Å². The summed E-state index contributed by atoms with van der Waals surface area (Å²) in [5.41, 5.74) is 4.32. The highest BCUT2D eigenvalue weighted by molar-refractivity contribution is 9.10. The Labute approximate surface area is 125 Å². The third kappa shape index (κ3) is 2.39. The van der Waals surface area contributed by atoms with E-state index in [0.29, 0.717) is 6.42 Å². The van der Waals surface area contributed by atoms with Crippen LogP contribution in [-0.4, -0.2) is 13.0 Å².